The molecule has 1 aromatic carbocycles. The average Bonchev–Trinajstić information content (AvgIpc) is 2.28. The Bertz CT molecular complexity index is 460. The summed E-state index contributed by atoms with van der Waals surface area (Å²) in [7, 11) is -0.843. The summed E-state index contributed by atoms with van der Waals surface area (Å²) in [6.45, 7) is 4.46. The molecule has 2 N–H and O–H groups in total. The van der Waals surface area contributed by atoms with Gasteiger partial charge in [-0.25, -0.2) is 4.79 Å². The first-order valence-corrected chi connectivity index (χ1v) is 7.44. The van der Waals surface area contributed by atoms with Gasteiger partial charge in [0.25, 0.3) is 0 Å². The number of anilines is 1. The molecule has 0 aromatic heterocycles. The highest BCUT2D eigenvalue weighted by Crippen LogP contribution is 2.17. The van der Waals surface area contributed by atoms with Gasteiger partial charge in [-0.15, -0.1) is 0 Å². The molecule has 100 valence electrons. The second-order valence-electron chi connectivity index (χ2n) is 4.38. The van der Waals surface area contributed by atoms with Gasteiger partial charge in [0, 0.05) is 34.5 Å². The predicted molar refractivity (Wildman–Crippen MR) is 74.8 cm³/mol. The number of carbonyl (C=O) groups is 1. The molecule has 0 heterocycles. The van der Waals surface area contributed by atoms with Crippen molar-refractivity contribution in [3.8, 4) is 0 Å². The summed E-state index contributed by atoms with van der Waals surface area (Å²) >= 11 is 0. The van der Waals surface area contributed by atoms with Crippen LogP contribution in [0, 0.1) is 6.92 Å². The fourth-order valence-corrected chi connectivity index (χ4v) is 2.02. The van der Waals surface area contributed by atoms with Crippen molar-refractivity contribution < 1.29 is 14.1 Å². The summed E-state index contributed by atoms with van der Waals surface area (Å²) in [6.07, 6.45) is 2.43. The van der Waals surface area contributed by atoms with Gasteiger partial charge < -0.3 is 10.4 Å². The summed E-state index contributed by atoms with van der Waals surface area (Å²) in [4.78, 5) is 11.0. The zero-order valence-corrected chi connectivity index (χ0v) is 11.7. The minimum Gasteiger partial charge on any atom is -0.478 e. The number of carboxylic acids is 1. The van der Waals surface area contributed by atoms with Gasteiger partial charge in [-0.2, -0.15) is 0 Å². The highest BCUT2D eigenvalue weighted by Gasteiger charge is 2.10. The van der Waals surface area contributed by atoms with Crippen molar-refractivity contribution in [3.63, 3.8) is 0 Å². The number of carboxylic acid groups (broad SMARTS) is 1. The van der Waals surface area contributed by atoms with Gasteiger partial charge in [0.2, 0.25) is 0 Å². The third kappa shape index (κ3) is 4.14. The number of nitrogens with one attached hydrogen (secondary N) is 1. The van der Waals surface area contributed by atoms with Crippen LogP contribution in [-0.4, -0.2) is 33.3 Å². The van der Waals surface area contributed by atoms with Crippen molar-refractivity contribution in [2.75, 3.05) is 18.1 Å². The standard InChI is InChI=1S/C13H19NO3S/c1-9-4-5-11(13(15)16)12(8-9)14-7-6-10(2)18(3)17/h4-5,8,10,14H,6-7H2,1-3H3,(H,15,16). The van der Waals surface area contributed by atoms with Crippen molar-refractivity contribution >= 4 is 22.5 Å². The molecule has 5 heteroatoms. The van der Waals surface area contributed by atoms with E-state index in [0.717, 1.165) is 12.0 Å². The summed E-state index contributed by atoms with van der Waals surface area (Å²) in [5.41, 5.74) is 1.90. The Balaban J connectivity index is 2.69. The van der Waals surface area contributed by atoms with Gasteiger partial charge in [-0.05, 0) is 31.0 Å². The maximum atomic E-state index is 11.2. The van der Waals surface area contributed by atoms with Crippen LogP contribution in [0.5, 0.6) is 0 Å². The monoisotopic (exact) mass is 269 g/mol. The first kappa shape index (κ1) is 14.7. The van der Waals surface area contributed by atoms with E-state index in [1.165, 1.54) is 0 Å². The minimum atomic E-state index is -0.940. The van der Waals surface area contributed by atoms with Gasteiger partial charge in [0.1, 0.15) is 0 Å². The van der Waals surface area contributed by atoms with Crippen LogP contribution in [0.15, 0.2) is 18.2 Å². The van der Waals surface area contributed by atoms with E-state index in [1.807, 2.05) is 19.9 Å². The second kappa shape index (κ2) is 6.54. The summed E-state index contributed by atoms with van der Waals surface area (Å²) in [5.74, 6) is -0.940. The normalized spacial score (nSPS) is 13.9. The first-order chi connectivity index (χ1) is 8.41. The van der Waals surface area contributed by atoms with Gasteiger partial charge in [-0.3, -0.25) is 4.21 Å². The van der Waals surface area contributed by atoms with Crippen LogP contribution in [0.2, 0.25) is 0 Å². The van der Waals surface area contributed by atoms with Crippen LogP contribution in [0.25, 0.3) is 0 Å². The maximum Gasteiger partial charge on any atom is 0.337 e. The lowest BCUT2D eigenvalue weighted by Gasteiger charge is -2.12. The molecular weight excluding hydrogens is 250 g/mol. The fourth-order valence-electron chi connectivity index (χ4n) is 1.57. The van der Waals surface area contributed by atoms with Crippen molar-refractivity contribution in [1.82, 2.24) is 0 Å². The Kier molecular flexibility index (Phi) is 5.34. The Labute approximate surface area is 110 Å². The molecule has 4 nitrogen and oxygen atoms in total. The third-order valence-corrected chi connectivity index (χ3v) is 4.21. The third-order valence-electron chi connectivity index (χ3n) is 2.84. The van der Waals surface area contributed by atoms with Gasteiger partial charge in [-0.1, -0.05) is 13.0 Å². The zero-order chi connectivity index (χ0) is 13.7. The highest BCUT2D eigenvalue weighted by atomic mass is 32.2. The average molecular weight is 269 g/mol. The molecule has 1 aromatic rings. The second-order valence-corrected chi connectivity index (χ2v) is 6.18. The van der Waals surface area contributed by atoms with E-state index < -0.39 is 16.8 Å². The predicted octanol–water partition coefficient (Wildman–Crippen LogP) is 2.26. The molecule has 0 bridgehead atoms. The molecule has 0 fully saturated rings. The van der Waals surface area contributed by atoms with E-state index in [-0.39, 0.29) is 10.8 Å². The SMILES string of the molecule is Cc1ccc(C(=O)O)c(NCCC(C)S(C)=O)c1. The molecule has 0 aliphatic carbocycles. The maximum absolute atomic E-state index is 11.2. The molecule has 0 saturated carbocycles. The molecule has 0 aliphatic heterocycles. The number of hydrogen-bond acceptors (Lipinski definition) is 3. The summed E-state index contributed by atoms with van der Waals surface area (Å²) < 4.78 is 11.2. The van der Waals surface area contributed by atoms with Crippen LogP contribution in [0.3, 0.4) is 0 Å². The van der Waals surface area contributed by atoms with E-state index in [1.54, 1.807) is 18.4 Å². The molecule has 1 rings (SSSR count). The molecule has 2 atom stereocenters. The number of aromatic carboxylic acids is 1. The van der Waals surface area contributed by atoms with E-state index >= 15 is 0 Å². The molecule has 0 radical (unpaired) electrons. The molecular formula is C13H19NO3S. The lowest BCUT2D eigenvalue weighted by atomic mass is 10.1. The van der Waals surface area contributed by atoms with Crippen molar-refractivity contribution in [3.05, 3.63) is 29.3 Å². The smallest absolute Gasteiger partial charge is 0.337 e. The topological polar surface area (TPSA) is 66.4 Å². The molecule has 0 aliphatic rings. The molecule has 0 saturated heterocycles. The van der Waals surface area contributed by atoms with E-state index in [2.05, 4.69) is 5.32 Å². The fraction of sp³-hybridized carbons (Fsp3) is 0.462. The molecule has 2 unspecified atom stereocenters. The number of benzene rings is 1. The van der Waals surface area contributed by atoms with Crippen LogP contribution in [-0.2, 0) is 10.8 Å². The van der Waals surface area contributed by atoms with Gasteiger partial charge in [0.15, 0.2) is 0 Å². The van der Waals surface area contributed by atoms with Crippen LogP contribution in [0.1, 0.15) is 29.3 Å². The molecule has 0 amide bonds. The largest absolute Gasteiger partial charge is 0.478 e. The molecule has 0 spiro atoms. The highest BCUT2D eigenvalue weighted by molar-refractivity contribution is 7.84. The zero-order valence-electron chi connectivity index (χ0n) is 10.9. The van der Waals surface area contributed by atoms with Crippen LogP contribution >= 0.6 is 0 Å². The molecule has 18 heavy (non-hydrogen) atoms. The Morgan fingerprint density at radius 1 is 1.50 bits per heavy atom. The Morgan fingerprint density at radius 2 is 2.17 bits per heavy atom. The van der Waals surface area contributed by atoms with Crippen molar-refractivity contribution in [2.24, 2.45) is 0 Å². The Hall–Kier alpha value is -1.36. The minimum absolute atomic E-state index is 0.107. The Morgan fingerprint density at radius 3 is 2.72 bits per heavy atom. The lowest BCUT2D eigenvalue weighted by molar-refractivity contribution is 0.0698. The van der Waals surface area contributed by atoms with Crippen LogP contribution in [0.4, 0.5) is 5.69 Å². The summed E-state index contributed by atoms with van der Waals surface area (Å²) in [5, 5.41) is 12.3. The van der Waals surface area contributed by atoms with E-state index in [4.69, 9.17) is 5.11 Å². The number of aryl methyl sites for hydroxylation is 1. The van der Waals surface area contributed by atoms with Crippen molar-refractivity contribution in [1.29, 1.82) is 0 Å². The van der Waals surface area contributed by atoms with Crippen molar-refractivity contribution in [2.45, 2.75) is 25.5 Å². The number of rotatable bonds is 6. The summed E-state index contributed by atoms with van der Waals surface area (Å²) in [6, 6.07) is 5.19. The lowest BCUT2D eigenvalue weighted by Crippen LogP contribution is -2.16. The number of hydrogen-bond donors (Lipinski definition) is 2. The quantitative estimate of drug-likeness (QED) is 0.831. The van der Waals surface area contributed by atoms with E-state index in [9.17, 15) is 9.00 Å². The van der Waals surface area contributed by atoms with E-state index in [0.29, 0.717) is 12.2 Å². The van der Waals surface area contributed by atoms with Gasteiger partial charge >= 0.3 is 5.97 Å². The van der Waals surface area contributed by atoms with Crippen LogP contribution < -0.4 is 5.32 Å². The van der Waals surface area contributed by atoms with Gasteiger partial charge in [0.05, 0.1) is 5.56 Å². The first-order valence-electron chi connectivity index (χ1n) is 5.82.